The minimum Gasteiger partial charge on any atom is -0.507 e. The minimum absolute atomic E-state index is 0.0785. The van der Waals surface area contributed by atoms with E-state index in [1.165, 1.54) is 0 Å². The van der Waals surface area contributed by atoms with Gasteiger partial charge in [-0.1, -0.05) is 24.8 Å². The Morgan fingerprint density at radius 2 is 1.73 bits per heavy atom. The van der Waals surface area contributed by atoms with Crippen molar-refractivity contribution in [1.29, 1.82) is 0 Å². The Balaban J connectivity index is 2.02. The number of carbonyl (C=O) groups is 2. The van der Waals surface area contributed by atoms with E-state index in [0.29, 0.717) is 36.6 Å². The summed E-state index contributed by atoms with van der Waals surface area (Å²) in [7, 11) is 5.49. The second kappa shape index (κ2) is 10.8. The van der Waals surface area contributed by atoms with Crippen LogP contribution in [0.15, 0.2) is 66.8 Å². The number of aliphatic hydroxyl groups is 1. The van der Waals surface area contributed by atoms with Crippen LogP contribution in [0.5, 0.6) is 11.5 Å². The van der Waals surface area contributed by atoms with E-state index in [-0.39, 0.29) is 11.3 Å². The maximum Gasteiger partial charge on any atom is 0.295 e. The van der Waals surface area contributed by atoms with Crippen molar-refractivity contribution in [2.24, 2.45) is 0 Å². The first-order valence-electron chi connectivity index (χ1n) is 10.8. The van der Waals surface area contributed by atoms with Gasteiger partial charge in [0.15, 0.2) is 0 Å². The van der Waals surface area contributed by atoms with Gasteiger partial charge in [-0.25, -0.2) is 0 Å². The summed E-state index contributed by atoms with van der Waals surface area (Å²) in [6, 6.07) is 13.2. The molecule has 1 fully saturated rings. The predicted octanol–water partition coefficient (Wildman–Crippen LogP) is 3.63. The highest BCUT2D eigenvalue weighted by Gasteiger charge is 2.45. The number of hydrogen-bond donors (Lipinski definition) is 1. The average Bonchev–Trinajstić information content (AvgIpc) is 3.07. The fourth-order valence-corrected chi connectivity index (χ4v) is 3.82. The summed E-state index contributed by atoms with van der Waals surface area (Å²) < 4.78 is 10.7. The quantitative estimate of drug-likeness (QED) is 0.258. The summed E-state index contributed by atoms with van der Waals surface area (Å²) in [6.45, 7) is 5.14. The van der Waals surface area contributed by atoms with Crippen molar-refractivity contribution in [3.63, 3.8) is 0 Å². The highest BCUT2D eigenvalue weighted by atomic mass is 16.5. The molecule has 174 valence electrons. The zero-order chi connectivity index (χ0) is 24.0. The highest BCUT2D eigenvalue weighted by molar-refractivity contribution is 6.46. The Labute approximate surface area is 194 Å². The van der Waals surface area contributed by atoms with Gasteiger partial charge >= 0.3 is 0 Å². The first kappa shape index (κ1) is 24.1. The Bertz CT molecular complexity index is 1030. The minimum atomic E-state index is -0.690. The van der Waals surface area contributed by atoms with Crippen molar-refractivity contribution >= 4 is 17.4 Å². The maximum absolute atomic E-state index is 13.1. The lowest BCUT2D eigenvalue weighted by atomic mass is 9.95. The zero-order valence-corrected chi connectivity index (χ0v) is 19.3. The van der Waals surface area contributed by atoms with Crippen LogP contribution in [0, 0.1) is 0 Å². The number of carbonyl (C=O) groups excluding carboxylic acids is 2. The molecule has 2 aromatic rings. The number of nitrogens with zero attached hydrogens (tertiary/aromatic N) is 2. The van der Waals surface area contributed by atoms with E-state index in [1.807, 2.05) is 31.1 Å². The molecule has 0 aromatic heterocycles. The third-order valence-electron chi connectivity index (χ3n) is 5.47. The Morgan fingerprint density at radius 1 is 1.09 bits per heavy atom. The topological polar surface area (TPSA) is 79.3 Å². The highest BCUT2D eigenvalue weighted by Crippen LogP contribution is 2.40. The first-order chi connectivity index (χ1) is 15.9. The fraction of sp³-hybridized carbons (Fsp3) is 0.308. The molecule has 33 heavy (non-hydrogen) atoms. The standard InChI is InChI=1S/C26H30N2O5/c1-5-17-33-21-13-9-19(10-14-21)24(29)22-23(18-7-11-20(32-4)12-8-18)28(26(31)25(22)30)16-6-15-27(2)3/h5,7-14,23,29H,1,6,15-17H2,2-4H3. The molecular weight excluding hydrogens is 420 g/mol. The first-order valence-corrected chi connectivity index (χ1v) is 10.8. The van der Waals surface area contributed by atoms with Crippen LogP contribution in [0.1, 0.15) is 23.6 Å². The number of ketones is 1. The van der Waals surface area contributed by atoms with Crippen molar-refractivity contribution in [3.8, 4) is 11.5 Å². The molecule has 1 aliphatic rings. The lowest BCUT2D eigenvalue weighted by molar-refractivity contribution is -0.139. The SMILES string of the molecule is C=CCOc1ccc(C(O)=C2C(=O)C(=O)N(CCCN(C)C)C2c2ccc(OC)cc2)cc1. The van der Waals surface area contributed by atoms with E-state index in [0.717, 1.165) is 12.1 Å². The van der Waals surface area contributed by atoms with Gasteiger partial charge in [0.1, 0.15) is 23.9 Å². The molecule has 1 aliphatic heterocycles. The second-order valence-electron chi connectivity index (χ2n) is 8.05. The number of likely N-dealkylation sites (tertiary alicyclic amines) is 1. The van der Waals surface area contributed by atoms with Crippen molar-refractivity contribution in [2.45, 2.75) is 12.5 Å². The molecule has 2 aromatic carbocycles. The van der Waals surface area contributed by atoms with E-state index in [9.17, 15) is 14.7 Å². The Morgan fingerprint density at radius 3 is 2.30 bits per heavy atom. The van der Waals surface area contributed by atoms with Gasteiger partial charge in [0, 0.05) is 12.1 Å². The van der Waals surface area contributed by atoms with Gasteiger partial charge in [0.25, 0.3) is 11.7 Å². The molecule has 0 saturated carbocycles. The van der Waals surface area contributed by atoms with Crippen LogP contribution in [-0.2, 0) is 9.59 Å². The van der Waals surface area contributed by atoms with Gasteiger partial charge in [-0.15, -0.1) is 0 Å². The molecule has 1 amide bonds. The van der Waals surface area contributed by atoms with Crippen LogP contribution in [0.25, 0.3) is 5.76 Å². The van der Waals surface area contributed by atoms with E-state index in [1.54, 1.807) is 54.5 Å². The molecule has 3 rings (SSSR count). The number of rotatable bonds is 10. The maximum atomic E-state index is 13.1. The van der Waals surface area contributed by atoms with Crippen molar-refractivity contribution in [3.05, 3.63) is 77.9 Å². The summed E-state index contributed by atoms with van der Waals surface area (Å²) >= 11 is 0. The van der Waals surface area contributed by atoms with Gasteiger partial charge in [0.05, 0.1) is 18.7 Å². The van der Waals surface area contributed by atoms with Gasteiger partial charge in [0.2, 0.25) is 0 Å². The number of amides is 1. The molecule has 0 aliphatic carbocycles. The van der Waals surface area contributed by atoms with E-state index >= 15 is 0 Å². The van der Waals surface area contributed by atoms with E-state index in [2.05, 4.69) is 6.58 Å². The molecule has 1 atom stereocenters. The van der Waals surface area contributed by atoms with Gasteiger partial charge in [-0.05, 0) is 69.0 Å². The number of methoxy groups -OCH3 is 1. The second-order valence-corrected chi connectivity index (χ2v) is 8.05. The van der Waals surface area contributed by atoms with Crippen LogP contribution in [0.3, 0.4) is 0 Å². The molecule has 1 heterocycles. The normalized spacial score (nSPS) is 17.5. The Hall–Kier alpha value is -3.58. The summed E-state index contributed by atoms with van der Waals surface area (Å²) in [4.78, 5) is 29.6. The molecule has 1 saturated heterocycles. The number of benzene rings is 2. The summed E-state index contributed by atoms with van der Waals surface area (Å²) in [6.07, 6.45) is 2.34. The van der Waals surface area contributed by atoms with Crippen LogP contribution in [0.4, 0.5) is 0 Å². The van der Waals surface area contributed by atoms with Crippen molar-refractivity contribution in [2.75, 3.05) is 40.9 Å². The molecule has 0 spiro atoms. The number of ether oxygens (including phenoxy) is 2. The van der Waals surface area contributed by atoms with Crippen LogP contribution >= 0.6 is 0 Å². The van der Waals surface area contributed by atoms with E-state index < -0.39 is 17.7 Å². The Kier molecular flexibility index (Phi) is 7.90. The molecular formula is C26H30N2O5. The third-order valence-corrected chi connectivity index (χ3v) is 5.47. The lowest BCUT2D eigenvalue weighted by Crippen LogP contribution is -2.32. The van der Waals surface area contributed by atoms with Crippen molar-refractivity contribution < 1.29 is 24.2 Å². The van der Waals surface area contributed by atoms with Crippen LogP contribution < -0.4 is 9.47 Å². The molecule has 0 radical (unpaired) electrons. The zero-order valence-electron chi connectivity index (χ0n) is 19.3. The summed E-state index contributed by atoms with van der Waals surface area (Å²) in [5, 5.41) is 11.1. The smallest absolute Gasteiger partial charge is 0.295 e. The molecule has 1 unspecified atom stereocenters. The van der Waals surface area contributed by atoms with Crippen LogP contribution in [0.2, 0.25) is 0 Å². The number of hydrogen-bond acceptors (Lipinski definition) is 6. The molecule has 0 bridgehead atoms. The third kappa shape index (κ3) is 5.43. The monoisotopic (exact) mass is 450 g/mol. The van der Waals surface area contributed by atoms with Crippen molar-refractivity contribution in [1.82, 2.24) is 9.80 Å². The van der Waals surface area contributed by atoms with E-state index in [4.69, 9.17) is 9.47 Å². The molecule has 1 N–H and O–H groups in total. The molecule has 7 heteroatoms. The fourth-order valence-electron chi connectivity index (χ4n) is 3.82. The lowest BCUT2D eigenvalue weighted by Gasteiger charge is -2.26. The van der Waals surface area contributed by atoms with Gasteiger partial charge in [-0.2, -0.15) is 0 Å². The van der Waals surface area contributed by atoms with Gasteiger partial charge < -0.3 is 24.4 Å². The van der Waals surface area contributed by atoms with Crippen LogP contribution in [-0.4, -0.2) is 67.5 Å². The number of aliphatic hydroxyl groups excluding tert-OH is 1. The molecule has 7 nitrogen and oxygen atoms in total. The predicted molar refractivity (Wildman–Crippen MR) is 127 cm³/mol. The summed E-state index contributed by atoms with van der Waals surface area (Å²) in [5.74, 6) is -0.229. The largest absolute Gasteiger partial charge is 0.507 e. The average molecular weight is 451 g/mol. The number of Topliss-reactive ketones (excluding diaryl/α,β-unsaturated/α-hetero) is 1. The van der Waals surface area contributed by atoms with Gasteiger partial charge in [-0.3, -0.25) is 9.59 Å². The summed E-state index contributed by atoms with van der Waals surface area (Å²) in [5.41, 5.74) is 1.24.